The van der Waals surface area contributed by atoms with Crippen LogP contribution in [0.15, 0.2) is 24.3 Å². The summed E-state index contributed by atoms with van der Waals surface area (Å²) in [6.07, 6.45) is 3.24. The number of piperazine rings is 1. The molecule has 1 aromatic carbocycles. The van der Waals surface area contributed by atoms with Gasteiger partial charge in [-0.15, -0.1) is 0 Å². The minimum Gasteiger partial charge on any atom is -0.481 e. The van der Waals surface area contributed by atoms with Crippen LogP contribution in [0.25, 0.3) is 0 Å². The first-order valence-electron chi connectivity index (χ1n) is 11.9. The third kappa shape index (κ3) is 5.49. The first-order valence-corrected chi connectivity index (χ1v) is 11.9. The van der Waals surface area contributed by atoms with Crippen molar-refractivity contribution in [2.45, 2.75) is 63.8 Å². The number of carbonyl (C=O) groups is 1. The standard InChI is InChI=1S/C24H37N5O3/c1-16-13-26-14-17(2)29(16)24(25)20-5-3-19(4-6-20)22-12-21(32-27-22)15-28-9-7-18(8-10-28)11-23(30)31/h3-6,16-18,21-22,25-27H,7-15H2,1-2H3,(H,30,31). The Bertz CT molecular complexity index is 783. The van der Waals surface area contributed by atoms with E-state index in [0.717, 1.165) is 57.5 Å². The van der Waals surface area contributed by atoms with Crippen molar-refractivity contribution in [1.82, 2.24) is 20.6 Å². The quantitative estimate of drug-likeness (QED) is 0.395. The van der Waals surface area contributed by atoms with Crippen LogP contribution in [-0.4, -0.2) is 77.6 Å². The number of aliphatic carboxylic acids is 1. The van der Waals surface area contributed by atoms with Crippen molar-refractivity contribution in [1.29, 1.82) is 5.41 Å². The summed E-state index contributed by atoms with van der Waals surface area (Å²) >= 11 is 0. The zero-order valence-electron chi connectivity index (χ0n) is 19.2. The minimum absolute atomic E-state index is 0.136. The Kier molecular flexibility index (Phi) is 7.45. The van der Waals surface area contributed by atoms with Gasteiger partial charge in [-0.1, -0.05) is 24.3 Å². The normalized spacial score (nSPS) is 29.9. The van der Waals surface area contributed by atoms with E-state index in [0.29, 0.717) is 23.8 Å². The van der Waals surface area contributed by atoms with Crippen LogP contribution in [0.5, 0.6) is 0 Å². The first kappa shape index (κ1) is 23.2. The number of benzene rings is 1. The highest BCUT2D eigenvalue weighted by Crippen LogP contribution is 2.28. The second kappa shape index (κ2) is 10.3. The number of nitrogens with zero attached hydrogens (tertiary/aromatic N) is 2. The van der Waals surface area contributed by atoms with E-state index in [1.165, 1.54) is 5.56 Å². The zero-order valence-corrected chi connectivity index (χ0v) is 19.2. The van der Waals surface area contributed by atoms with Gasteiger partial charge in [0.25, 0.3) is 0 Å². The maximum Gasteiger partial charge on any atom is 0.303 e. The van der Waals surface area contributed by atoms with E-state index in [1.807, 2.05) is 0 Å². The number of carboxylic acids is 1. The molecular weight excluding hydrogens is 406 g/mol. The maximum absolute atomic E-state index is 10.9. The summed E-state index contributed by atoms with van der Waals surface area (Å²) in [4.78, 5) is 21.4. The highest BCUT2D eigenvalue weighted by Gasteiger charge is 2.31. The van der Waals surface area contributed by atoms with E-state index in [-0.39, 0.29) is 18.6 Å². The van der Waals surface area contributed by atoms with Crippen LogP contribution in [0.4, 0.5) is 0 Å². The summed E-state index contributed by atoms with van der Waals surface area (Å²) < 4.78 is 0. The Hall–Kier alpha value is -2.00. The Morgan fingerprint density at radius 3 is 2.44 bits per heavy atom. The average molecular weight is 444 g/mol. The lowest BCUT2D eigenvalue weighted by Crippen LogP contribution is -2.57. The number of nitrogens with one attached hydrogen (secondary N) is 3. The van der Waals surface area contributed by atoms with Gasteiger partial charge in [-0.3, -0.25) is 15.0 Å². The van der Waals surface area contributed by atoms with Crippen LogP contribution in [0.3, 0.4) is 0 Å². The molecule has 4 rings (SSSR count). The van der Waals surface area contributed by atoms with Gasteiger partial charge in [0, 0.05) is 43.7 Å². The largest absolute Gasteiger partial charge is 0.481 e. The van der Waals surface area contributed by atoms with E-state index < -0.39 is 5.97 Å². The van der Waals surface area contributed by atoms with Crippen LogP contribution >= 0.6 is 0 Å². The lowest BCUT2D eigenvalue weighted by molar-refractivity contribution is -0.138. The van der Waals surface area contributed by atoms with Crippen molar-refractivity contribution in [3.8, 4) is 0 Å². The lowest BCUT2D eigenvalue weighted by Gasteiger charge is -2.41. The monoisotopic (exact) mass is 443 g/mol. The number of piperidine rings is 1. The van der Waals surface area contributed by atoms with E-state index in [1.54, 1.807) is 0 Å². The number of hydrogen-bond acceptors (Lipinski definition) is 6. The molecular formula is C24H37N5O3. The summed E-state index contributed by atoms with van der Waals surface area (Å²) in [6.45, 7) is 8.93. The molecule has 3 fully saturated rings. The summed E-state index contributed by atoms with van der Waals surface area (Å²) in [5.74, 6) is 0.217. The van der Waals surface area contributed by atoms with Gasteiger partial charge in [0.05, 0.1) is 12.1 Å². The number of rotatable bonds is 6. The molecule has 3 saturated heterocycles. The Morgan fingerprint density at radius 1 is 1.16 bits per heavy atom. The molecule has 0 amide bonds. The molecule has 4 N–H and O–H groups in total. The second-order valence-corrected chi connectivity index (χ2v) is 9.72. The number of hydrogen-bond donors (Lipinski definition) is 4. The van der Waals surface area contributed by atoms with Gasteiger partial charge in [-0.25, -0.2) is 0 Å². The Balaban J connectivity index is 1.27. The van der Waals surface area contributed by atoms with Crippen molar-refractivity contribution >= 4 is 11.8 Å². The van der Waals surface area contributed by atoms with Gasteiger partial charge in [0.15, 0.2) is 0 Å². The minimum atomic E-state index is -0.687. The van der Waals surface area contributed by atoms with Gasteiger partial charge < -0.3 is 20.2 Å². The third-order valence-corrected chi connectivity index (χ3v) is 7.18. The van der Waals surface area contributed by atoms with E-state index in [9.17, 15) is 4.79 Å². The van der Waals surface area contributed by atoms with Gasteiger partial charge in [-0.2, -0.15) is 5.48 Å². The van der Waals surface area contributed by atoms with Crippen molar-refractivity contribution in [2.24, 2.45) is 5.92 Å². The highest BCUT2D eigenvalue weighted by atomic mass is 16.7. The molecule has 176 valence electrons. The second-order valence-electron chi connectivity index (χ2n) is 9.72. The summed E-state index contributed by atoms with van der Waals surface area (Å²) in [5.41, 5.74) is 5.34. The fraction of sp³-hybridized carbons (Fsp3) is 0.667. The molecule has 3 aliphatic rings. The van der Waals surface area contributed by atoms with E-state index in [2.05, 4.69) is 58.7 Å². The number of hydroxylamine groups is 1. The molecule has 0 aliphatic carbocycles. The molecule has 3 aliphatic heterocycles. The van der Waals surface area contributed by atoms with Crippen LogP contribution in [0.2, 0.25) is 0 Å². The molecule has 32 heavy (non-hydrogen) atoms. The molecule has 4 unspecified atom stereocenters. The molecule has 3 heterocycles. The molecule has 0 spiro atoms. The molecule has 8 nitrogen and oxygen atoms in total. The predicted octanol–water partition coefficient (Wildman–Crippen LogP) is 2.22. The molecule has 0 aromatic heterocycles. The smallest absolute Gasteiger partial charge is 0.303 e. The summed E-state index contributed by atoms with van der Waals surface area (Å²) in [6, 6.07) is 9.12. The molecule has 1 aromatic rings. The average Bonchev–Trinajstić information content (AvgIpc) is 3.23. The fourth-order valence-electron chi connectivity index (χ4n) is 5.36. The number of likely N-dealkylation sites (tertiary alicyclic amines) is 1. The number of amidine groups is 1. The van der Waals surface area contributed by atoms with Crippen LogP contribution < -0.4 is 10.8 Å². The molecule has 4 atom stereocenters. The van der Waals surface area contributed by atoms with Crippen LogP contribution in [0, 0.1) is 11.3 Å². The summed E-state index contributed by atoms with van der Waals surface area (Å²) in [7, 11) is 0. The van der Waals surface area contributed by atoms with E-state index in [4.69, 9.17) is 15.4 Å². The molecule has 0 radical (unpaired) electrons. The maximum atomic E-state index is 10.9. The van der Waals surface area contributed by atoms with Crippen LogP contribution in [0.1, 0.15) is 56.7 Å². The first-order chi connectivity index (χ1) is 15.4. The predicted molar refractivity (Wildman–Crippen MR) is 124 cm³/mol. The number of carboxylic acid groups (broad SMARTS) is 1. The fourth-order valence-corrected chi connectivity index (χ4v) is 5.36. The Morgan fingerprint density at radius 2 is 1.81 bits per heavy atom. The van der Waals surface area contributed by atoms with Gasteiger partial charge in [-0.05, 0) is 57.7 Å². The van der Waals surface area contributed by atoms with Gasteiger partial charge >= 0.3 is 5.97 Å². The zero-order chi connectivity index (χ0) is 22.7. The topological polar surface area (TPSA) is 101 Å². The van der Waals surface area contributed by atoms with Crippen molar-refractivity contribution in [3.05, 3.63) is 35.4 Å². The third-order valence-electron chi connectivity index (χ3n) is 7.18. The van der Waals surface area contributed by atoms with Crippen molar-refractivity contribution in [2.75, 3.05) is 32.7 Å². The summed E-state index contributed by atoms with van der Waals surface area (Å²) in [5, 5.41) is 21.1. The van der Waals surface area contributed by atoms with Crippen LogP contribution in [-0.2, 0) is 9.63 Å². The molecule has 0 saturated carbocycles. The van der Waals surface area contributed by atoms with E-state index >= 15 is 0 Å². The highest BCUT2D eigenvalue weighted by molar-refractivity contribution is 5.96. The van der Waals surface area contributed by atoms with Gasteiger partial charge in [0.1, 0.15) is 5.84 Å². The van der Waals surface area contributed by atoms with Crippen molar-refractivity contribution in [3.63, 3.8) is 0 Å². The Labute approximate surface area is 190 Å². The van der Waals surface area contributed by atoms with Crippen molar-refractivity contribution < 1.29 is 14.7 Å². The lowest BCUT2D eigenvalue weighted by atomic mass is 9.93. The molecule has 8 heteroatoms. The SMILES string of the molecule is CC1CNCC(C)N1C(=N)c1ccc(C2CC(CN3CCC(CC(=O)O)CC3)ON2)cc1. The van der Waals surface area contributed by atoms with Gasteiger partial charge in [0.2, 0.25) is 0 Å². The molecule has 0 bridgehead atoms.